The maximum absolute atomic E-state index is 13.6. The molecular formula is C29H33N2O3S+. The molecule has 2 bridgehead atoms. The standard InChI is InChI=1S/C29H33N2O3S/c32-26(27-14-8-20-35-27)13-7-17-31-18-15-23(16-19-31)21-28(31)34-29(33)30(25-11-5-2-6-12-25)22-24-9-3-1-4-10-24/h1-6,8-12,14,20,23,28H,7,13,15-19,21-22H2/q+1. The molecule has 0 N–H and O–H groups in total. The lowest BCUT2D eigenvalue weighted by Crippen LogP contribution is -2.65. The van der Waals surface area contributed by atoms with Gasteiger partial charge >= 0.3 is 6.09 Å². The number of hydrogen-bond donors (Lipinski definition) is 0. The van der Waals surface area contributed by atoms with Crippen LogP contribution in [0.3, 0.4) is 0 Å². The largest absolute Gasteiger partial charge is 0.419 e. The van der Waals surface area contributed by atoms with E-state index in [1.807, 2.05) is 78.2 Å². The lowest BCUT2D eigenvalue weighted by molar-refractivity contribution is -0.984. The fourth-order valence-electron chi connectivity index (χ4n) is 5.63. The summed E-state index contributed by atoms with van der Waals surface area (Å²) >= 11 is 1.51. The highest BCUT2D eigenvalue weighted by Crippen LogP contribution is 2.40. The van der Waals surface area contributed by atoms with Gasteiger partial charge in [0.15, 0.2) is 5.78 Å². The highest BCUT2D eigenvalue weighted by molar-refractivity contribution is 7.12. The van der Waals surface area contributed by atoms with Crippen molar-refractivity contribution in [2.45, 2.75) is 44.9 Å². The normalized spacial score (nSPS) is 23.1. The van der Waals surface area contributed by atoms with Crippen LogP contribution in [0.25, 0.3) is 0 Å². The van der Waals surface area contributed by atoms with Crippen molar-refractivity contribution >= 4 is 28.9 Å². The summed E-state index contributed by atoms with van der Waals surface area (Å²) in [5.74, 6) is 0.844. The van der Waals surface area contributed by atoms with Gasteiger partial charge in [0.05, 0.1) is 31.1 Å². The molecular weight excluding hydrogens is 456 g/mol. The second kappa shape index (κ2) is 10.8. The van der Waals surface area contributed by atoms with E-state index in [9.17, 15) is 9.59 Å². The summed E-state index contributed by atoms with van der Waals surface area (Å²) in [5, 5.41) is 1.95. The number of quaternary nitrogens is 1. The monoisotopic (exact) mass is 489 g/mol. The Kier molecular flexibility index (Phi) is 7.30. The van der Waals surface area contributed by atoms with E-state index in [4.69, 9.17) is 4.74 Å². The number of ether oxygens (including phenoxy) is 1. The van der Waals surface area contributed by atoms with E-state index >= 15 is 0 Å². The molecule has 3 aliphatic rings. The maximum atomic E-state index is 13.6. The molecule has 1 aromatic heterocycles. The fraction of sp³-hybridized carbons (Fsp3) is 0.379. The number of anilines is 1. The third kappa shape index (κ3) is 5.49. The quantitative estimate of drug-likeness (QED) is 0.254. The smallest absolute Gasteiger partial charge is 0.396 e. The molecule has 3 aliphatic heterocycles. The van der Waals surface area contributed by atoms with Gasteiger partial charge in [-0.15, -0.1) is 11.3 Å². The van der Waals surface area contributed by atoms with Gasteiger partial charge < -0.3 is 4.74 Å². The molecule has 3 fully saturated rings. The second-order valence-electron chi connectivity index (χ2n) is 9.82. The number of para-hydroxylation sites is 1. The van der Waals surface area contributed by atoms with Crippen molar-refractivity contribution in [1.82, 2.24) is 0 Å². The first-order chi connectivity index (χ1) is 17.1. The van der Waals surface area contributed by atoms with Crippen molar-refractivity contribution in [3.63, 3.8) is 0 Å². The number of Topliss-reactive ketones (excluding diaryl/α,β-unsaturated/α-hetero) is 1. The molecule has 6 rings (SSSR count). The van der Waals surface area contributed by atoms with E-state index in [1.165, 1.54) is 24.2 Å². The first-order valence-electron chi connectivity index (χ1n) is 12.6. The van der Waals surface area contributed by atoms with E-state index in [-0.39, 0.29) is 18.1 Å². The number of carbonyl (C=O) groups is 2. The van der Waals surface area contributed by atoms with E-state index in [0.717, 1.165) is 53.1 Å². The van der Waals surface area contributed by atoms with E-state index in [2.05, 4.69) is 0 Å². The third-order valence-electron chi connectivity index (χ3n) is 7.62. The Balaban J connectivity index is 1.29. The minimum atomic E-state index is -0.287. The summed E-state index contributed by atoms with van der Waals surface area (Å²) < 4.78 is 7.12. The molecule has 35 heavy (non-hydrogen) atoms. The minimum absolute atomic E-state index is 0.145. The molecule has 4 heterocycles. The van der Waals surface area contributed by atoms with Crippen LogP contribution in [0.5, 0.6) is 0 Å². The first-order valence-corrected chi connectivity index (χ1v) is 13.5. The van der Waals surface area contributed by atoms with Crippen LogP contribution in [0.1, 0.15) is 47.3 Å². The number of nitrogens with zero attached hydrogens (tertiary/aromatic N) is 2. The Bertz CT molecular complexity index is 1110. The molecule has 182 valence electrons. The zero-order valence-corrected chi connectivity index (χ0v) is 20.9. The van der Waals surface area contributed by atoms with Crippen molar-refractivity contribution in [2.24, 2.45) is 5.92 Å². The van der Waals surface area contributed by atoms with E-state index < -0.39 is 0 Å². The Hall–Kier alpha value is -2.96. The van der Waals surface area contributed by atoms with Gasteiger partial charge in [0.2, 0.25) is 6.23 Å². The number of ketones is 1. The Morgan fingerprint density at radius 1 is 0.943 bits per heavy atom. The van der Waals surface area contributed by atoms with Crippen LogP contribution in [0.15, 0.2) is 78.2 Å². The molecule has 0 spiro atoms. The van der Waals surface area contributed by atoms with Crippen molar-refractivity contribution in [2.75, 3.05) is 24.5 Å². The summed E-state index contributed by atoms with van der Waals surface area (Å²) in [6, 6.07) is 23.6. The average molecular weight is 490 g/mol. The van der Waals surface area contributed by atoms with Gasteiger partial charge in [-0.3, -0.25) is 14.2 Å². The molecule has 0 saturated carbocycles. The molecule has 6 heteroatoms. The zero-order valence-electron chi connectivity index (χ0n) is 20.1. The van der Waals surface area contributed by atoms with Gasteiger partial charge in [0.1, 0.15) is 0 Å². The van der Waals surface area contributed by atoms with Gasteiger partial charge in [-0.05, 0) is 35.1 Å². The molecule has 1 atom stereocenters. The van der Waals surface area contributed by atoms with E-state index in [0.29, 0.717) is 18.9 Å². The fourth-order valence-corrected chi connectivity index (χ4v) is 6.32. The van der Waals surface area contributed by atoms with Crippen LogP contribution < -0.4 is 4.90 Å². The Morgan fingerprint density at radius 3 is 2.34 bits per heavy atom. The van der Waals surface area contributed by atoms with Gasteiger partial charge in [0, 0.05) is 37.8 Å². The molecule has 1 unspecified atom stereocenters. The molecule has 0 aliphatic carbocycles. The molecule has 5 nitrogen and oxygen atoms in total. The number of hydrogen-bond acceptors (Lipinski definition) is 4. The second-order valence-corrected chi connectivity index (χ2v) is 10.8. The zero-order chi connectivity index (χ0) is 24.1. The Morgan fingerprint density at radius 2 is 1.66 bits per heavy atom. The molecule has 2 aromatic carbocycles. The predicted molar refractivity (Wildman–Crippen MR) is 139 cm³/mol. The topological polar surface area (TPSA) is 46.6 Å². The SMILES string of the molecule is O=C(CCC[N+]12CCC(CC1)CC2OC(=O)N(Cc1ccccc1)c1ccccc1)c1cccs1. The number of rotatable bonds is 9. The number of thiophene rings is 1. The summed E-state index contributed by atoms with van der Waals surface area (Å²) in [5.41, 5.74) is 1.90. The number of amides is 1. The van der Waals surface area contributed by atoms with Gasteiger partial charge in [0.25, 0.3) is 0 Å². The van der Waals surface area contributed by atoms with Crippen molar-refractivity contribution in [1.29, 1.82) is 0 Å². The third-order valence-corrected chi connectivity index (χ3v) is 8.53. The van der Waals surface area contributed by atoms with Crippen LogP contribution in [0.2, 0.25) is 0 Å². The summed E-state index contributed by atoms with van der Waals surface area (Å²) in [6.07, 6.45) is 4.21. The number of carbonyl (C=O) groups excluding carboxylic acids is 2. The molecule has 3 saturated heterocycles. The van der Waals surface area contributed by atoms with Crippen molar-refractivity contribution < 1.29 is 18.8 Å². The minimum Gasteiger partial charge on any atom is -0.396 e. The van der Waals surface area contributed by atoms with Crippen LogP contribution in [-0.2, 0) is 11.3 Å². The maximum Gasteiger partial charge on any atom is 0.419 e. The van der Waals surface area contributed by atoms with Crippen LogP contribution in [0, 0.1) is 5.92 Å². The highest BCUT2D eigenvalue weighted by Gasteiger charge is 2.49. The summed E-state index contributed by atoms with van der Waals surface area (Å²) in [4.78, 5) is 28.7. The van der Waals surface area contributed by atoms with Crippen molar-refractivity contribution in [3.05, 3.63) is 88.6 Å². The summed E-state index contributed by atoms with van der Waals surface area (Å²) in [7, 11) is 0. The summed E-state index contributed by atoms with van der Waals surface area (Å²) in [6.45, 7) is 3.40. The Labute approximate surface area is 211 Å². The van der Waals surface area contributed by atoms with E-state index in [1.54, 1.807) is 4.90 Å². The lowest BCUT2D eigenvalue weighted by Gasteiger charge is -2.53. The molecule has 3 aromatic rings. The van der Waals surface area contributed by atoms with Crippen LogP contribution >= 0.6 is 11.3 Å². The van der Waals surface area contributed by atoms with Crippen LogP contribution in [-0.4, -0.2) is 42.2 Å². The number of piperidine rings is 3. The van der Waals surface area contributed by atoms with Gasteiger partial charge in [-0.1, -0.05) is 54.6 Å². The van der Waals surface area contributed by atoms with Gasteiger partial charge in [-0.25, -0.2) is 4.79 Å². The lowest BCUT2D eigenvalue weighted by atomic mass is 9.84. The average Bonchev–Trinajstić information content (AvgIpc) is 3.45. The predicted octanol–water partition coefficient (Wildman–Crippen LogP) is 6.51. The molecule has 1 amide bonds. The number of fused-ring (bicyclic) bond motifs is 3. The number of benzene rings is 2. The van der Waals surface area contributed by atoms with Crippen molar-refractivity contribution in [3.8, 4) is 0 Å². The molecule has 0 radical (unpaired) electrons. The highest BCUT2D eigenvalue weighted by atomic mass is 32.1. The first kappa shape index (κ1) is 23.8. The van der Waals surface area contributed by atoms with Crippen LogP contribution in [0.4, 0.5) is 10.5 Å². The van der Waals surface area contributed by atoms with Gasteiger partial charge in [-0.2, -0.15) is 0 Å².